The fourth-order valence-corrected chi connectivity index (χ4v) is 9.33. The third-order valence-electron chi connectivity index (χ3n) is 14.3. The van der Waals surface area contributed by atoms with Crippen molar-refractivity contribution < 1.29 is 42.9 Å². The van der Waals surface area contributed by atoms with Crippen molar-refractivity contribution in [2.75, 3.05) is 47.5 Å². The molecule has 2 unspecified atom stereocenters. The summed E-state index contributed by atoms with van der Waals surface area (Å²) < 4.78 is 22.8. The van der Waals surface area contributed by atoms with Crippen molar-refractivity contribution in [3.63, 3.8) is 0 Å². The number of aliphatic carboxylic acids is 1. The van der Waals surface area contributed by atoms with E-state index in [1.165, 1.54) is 186 Å². The topological polar surface area (TPSA) is 111 Å². The Bertz CT molecular complexity index is 1450. The van der Waals surface area contributed by atoms with E-state index in [1.807, 2.05) is 21.1 Å². The van der Waals surface area contributed by atoms with Crippen LogP contribution in [0, 0.1) is 0 Å². The number of carbonyl (C=O) groups is 3. The molecule has 0 saturated heterocycles. The SMILES string of the molecule is CC/C=C\C/C=C\C/C=C\C/C=C\C/C=C\CCCCCCCCCC(=O)OC(COC(=O)CCCCCCCCCCCCCCCCCCCCCCCCCCCCCCC)COC(OCC[N+](C)(C)C)C(=O)[O-]. The monoisotopic (exact) mass is 1080 g/mol. The highest BCUT2D eigenvalue weighted by atomic mass is 16.7. The number of likely N-dealkylation sites (N-methyl/N-ethyl adjacent to an activating group) is 1. The van der Waals surface area contributed by atoms with Gasteiger partial charge in [-0.25, -0.2) is 0 Å². The highest BCUT2D eigenvalue weighted by Crippen LogP contribution is 2.18. The Morgan fingerprint density at radius 3 is 1.10 bits per heavy atom. The van der Waals surface area contributed by atoms with Crippen LogP contribution in [0.2, 0.25) is 0 Å². The molecule has 2 atom stereocenters. The predicted molar refractivity (Wildman–Crippen MR) is 325 cm³/mol. The summed E-state index contributed by atoms with van der Waals surface area (Å²) in [6.45, 7) is 4.66. The number of ether oxygens (including phenoxy) is 4. The smallest absolute Gasteiger partial charge is 0.306 e. The van der Waals surface area contributed by atoms with E-state index < -0.39 is 24.3 Å². The maximum atomic E-state index is 12.9. The van der Waals surface area contributed by atoms with Crippen molar-refractivity contribution in [1.29, 1.82) is 0 Å². The van der Waals surface area contributed by atoms with Crippen molar-refractivity contribution in [1.82, 2.24) is 0 Å². The minimum atomic E-state index is -1.63. The summed E-state index contributed by atoms with van der Waals surface area (Å²) in [5.74, 6) is -2.29. The Labute approximate surface area is 475 Å². The number of carbonyl (C=O) groups excluding carboxylic acids is 3. The molecule has 0 radical (unpaired) electrons. The van der Waals surface area contributed by atoms with Crippen LogP contribution in [-0.2, 0) is 33.3 Å². The molecule has 9 heteroatoms. The van der Waals surface area contributed by atoms with E-state index in [0.717, 1.165) is 77.0 Å². The largest absolute Gasteiger partial charge is 0.545 e. The highest BCUT2D eigenvalue weighted by molar-refractivity contribution is 5.70. The number of esters is 2. The van der Waals surface area contributed by atoms with Gasteiger partial charge in [-0.15, -0.1) is 0 Å². The second kappa shape index (κ2) is 59.1. The number of hydrogen-bond donors (Lipinski definition) is 0. The molecule has 0 amide bonds. The van der Waals surface area contributed by atoms with Gasteiger partial charge >= 0.3 is 11.9 Å². The van der Waals surface area contributed by atoms with Gasteiger partial charge in [-0.3, -0.25) is 9.59 Å². The molecule has 0 aromatic rings. The molecule has 0 N–H and O–H groups in total. The lowest BCUT2D eigenvalue weighted by Gasteiger charge is -2.26. The molecule has 0 rings (SSSR count). The fourth-order valence-electron chi connectivity index (χ4n) is 9.33. The first-order chi connectivity index (χ1) is 37.6. The number of hydrogen-bond acceptors (Lipinski definition) is 8. The third kappa shape index (κ3) is 60.5. The minimum Gasteiger partial charge on any atom is -0.545 e. The molecule has 0 saturated carbocycles. The maximum absolute atomic E-state index is 12.9. The van der Waals surface area contributed by atoms with Gasteiger partial charge in [0.15, 0.2) is 12.4 Å². The van der Waals surface area contributed by atoms with Gasteiger partial charge in [-0.05, 0) is 57.8 Å². The molecule has 448 valence electrons. The Morgan fingerprint density at radius 1 is 0.403 bits per heavy atom. The van der Waals surface area contributed by atoms with Crippen LogP contribution >= 0.6 is 0 Å². The molecule has 0 spiro atoms. The molecular weight excluding hydrogens is 959 g/mol. The number of quaternary nitrogens is 1. The van der Waals surface area contributed by atoms with E-state index in [1.54, 1.807) is 0 Å². The molecule has 0 aliphatic carbocycles. The van der Waals surface area contributed by atoms with Gasteiger partial charge in [0.1, 0.15) is 13.2 Å². The molecule has 0 bridgehead atoms. The van der Waals surface area contributed by atoms with Crippen LogP contribution in [0.5, 0.6) is 0 Å². The summed E-state index contributed by atoms with van der Waals surface area (Å²) in [7, 11) is 5.93. The lowest BCUT2D eigenvalue weighted by Crippen LogP contribution is -2.44. The van der Waals surface area contributed by atoms with E-state index in [-0.39, 0.29) is 32.2 Å². The van der Waals surface area contributed by atoms with Gasteiger partial charge in [0.25, 0.3) is 0 Å². The van der Waals surface area contributed by atoms with Gasteiger partial charge < -0.3 is 33.3 Å². The van der Waals surface area contributed by atoms with Crippen LogP contribution in [0.25, 0.3) is 0 Å². The van der Waals surface area contributed by atoms with E-state index in [0.29, 0.717) is 23.9 Å². The summed E-state index contributed by atoms with van der Waals surface area (Å²) >= 11 is 0. The van der Waals surface area contributed by atoms with E-state index >= 15 is 0 Å². The first-order valence-electron chi connectivity index (χ1n) is 32.4. The second-order valence-electron chi connectivity index (χ2n) is 23.0. The van der Waals surface area contributed by atoms with Gasteiger partial charge in [0.05, 0.1) is 40.3 Å². The predicted octanol–water partition coefficient (Wildman–Crippen LogP) is 18.2. The second-order valence-corrected chi connectivity index (χ2v) is 23.0. The van der Waals surface area contributed by atoms with Crippen molar-refractivity contribution in [2.24, 2.45) is 0 Å². The minimum absolute atomic E-state index is 0.144. The van der Waals surface area contributed by atoms with Crippen LogP contribution in [-0.4, -0.2) is 82.3 Å². The van der Waals surface area contributed by atoms with Gasteiger partial charge in [-0.2, -0.15) is 0 Å². The van der Waals surface area contributed by atoms with Crippen LogP contribution in [0.4, 0.5) is 0 Å². The van der Waals surface area contributed by atoms with Crippen LogP contribution in [0.15, 0.2) is 60.8 Å². The first-order valence-corrected chi connectivity index (χ1v) is 32.4. The summed E-state index contributed by atoms with van der Waals surface area (Å²) in [6, 6.07) is 0. The number of rotatable bonds is 60. The fraction of sp³-hybridized carbons (Fsp3) is 0.809. The molecule has 0 aromatic heterocycles. The van der Waals surface area contributed by atoms with Crippen molar-refractivity contribution in [2.45, 2.75) is 309 Å². The third-order valence-corrected chi connectivity index (χ3v) is 14.3. The number of unbranched alkanes of at least 4 members (excludes halogenated alkanes) is 35. The van der Waals surface area contributed by atoms with Crippen molar-refractivity contribution >= 4 is 17.9 Å². The molecule has 0 fully saturated rings. The lowest BCUT2D eigenvalue weighted by molar-refractivity contribution is -0.870. The standard InChI is InChI=1S/C68H123NO8/c1-6-8-10-12-14-16-18-20-22-24-26-28-30-31-32-33-34-35-37-38-40-42-44-46-48-50-52-54-56-58-65(70)75-62-64(63-76-68(67(72)73)74-61-60-69(3,4)5)77-66(71)59-57-55-53-51-49-47-45-43-41-39-36-29-27-25-23-21-19-17-15-13-11-9-7-2/h9,11,15,17,21,23,27,29,39,41,64,68H,6-8,10,12-14,16,18-20,22,24-26,28,30-38,40,42-63H2,1-5H3/b11-9-,17-15-,23-21-,29-27-,41-39-. The zero-order chi connectivity index (χ0) is 56.2. The number of carboxylic acid groups (broad SMARTS) is 1. The summed E-state index contributed by atoms with van der Waals surface area (Å²) in [5, 5.41) is 11.8. The Balaban J connectivity index is 4.14. The quantitative estimate of drug-likeness (QED) is 0.0195. The van der Waals surface area contributed by atoms with Crippen molar-refractivity contribution in [3.05, 3.63) is 60.8 Å². The van der Waals surface area contributed by atoms with Crippen LogP contribution in [0.3, 0.4) is 0 Å². The summed E-state index contributed by atoms with van der Waals surface area (Å²) in [6.07, 6.45) is 72.9. The van der Waals surface area contributed by atoms with E-state index in [4.69, 9.17) is 18.9 Å². The van der Waals surface area contributed by atoms with Gasteiger partial charge in [0, 0.05) is 12.8 Å². The van der Waals surface area contributed by atoms with Gasteiger partial charge in [0.2, 0.25) is 0 Å². The average molecular weight is 1080 g/mol. The number of carboxylic acids is 1. The summed E-state index contributed by atoms with van der Waals surface area (Å²) in [4.78, 5) is 37.4. The van der Waals surface area contributed by atoms with Crippen LogP contribution in [0.1, 0.15) is 296 Å². The van der Waals surface area contributed by atoms with E-state index in [2.05, 4.69) is 74.6 Å². The lowest BCUT2D eigenvalue weighted by atomic mass is 10.0. The zero-order valence-corrected chi connectivity index (χ0v) is 51.1. The van der Waals surface area contributed by atoms with Crippen molar-refractivity contribution in [3.8, 4) is 0 Å². The molecule has 0 aliphatic rings. The number of allylic oxidation sites excluding steroid dienone is 10. The number of nitrogens with zero attached hydrogens (tertiary/aromatic N) is 1. The first kappa shape index (κ1) is 74.0. The normalized spacial score (nSPS) is 13.1. The van der Waals surface area contributed by atoms with E-state index in [9.17, 15) is 19.5 Å². The Kier molecular flexibility index (Phi) is 56.8. The maximum Gasteiger partial charge on any atom is 0.306 e. The molecule has 0 aromatic carbocycles. The molecule has 9 nitrogen and oxygen atoms in total. The molecule has 0 aliphatic heterocycles. The molecule has 0 heterocycles. The summed E-state index contributed by atoms with van der Waals surface area (Å²) in [5.41, 5.74) is 0. The van der Waals surface area contributed by atoms with Gasteiger partial charge in [-0.1, -0.05) is 286 Å². The molecular formula is C68H123NO8. The highest BCUT2D eigenvalue weighted by Gasteiger charge is 2.22. The zero-order valence-electron chi connectivity index (χ0n) is 51.1. The average Bonchev–Trinajstić information content (AvgIpc) is 3.40. The molecule has 77 heavy (non-hydrogen) atoms. The van der Waals surface area contributed by atoms with Crippen LogP contribution < -0.4 is 5.11 Å². The Hall–Kier alpha value is -3.01. The Morgan fingerprint density at radius 2 is 0.740 bits per heavy atom.